The van der Waals surface area contributed by atoms with Crippen molar-refractivity contribution in [3.63, 3.8) is 0 Å². The summed E-state index contributed by atoms with van der Waals surface area (Å²) in [6, 6.07) is 3.96. The lowest BCUT2D eigenvalue weighted by molar-refractivity contribution is 0.102. The molecule has 0 aliphatic rings. The van der Waals surface area contributed by atoms with E-state index in [-0.39, 0.29) is 15.4 Å². The fraction of sp³-hybridized carbons (Fsp3) is 0. The number of amides is 1. The normalized spacial score (nSPS) is 10.2. The third-order valence-corrected chi connectivity index (χ3v) is 2.85. The van der Waals surface area contributed by atoms with E-state index in [9.17, 15) is 9.18 Å². The summed E-state index contributed by atoms with van der Waals surface area (Å²) in [5, 5.41) is 2.75. The number of rotatable bonds is 2. The van der Waals surface area contributed by atoms with E-state index in [0.29, 0.717) is 5.56 Å². The SMILES string of the molecule is O=C(Nc1cnc(Cl)cn1)c1ccc(F)c(Br)c1. The molecule has 1 aromatic carbocycles. The largest absolute Gasteiger partial charge is 0.305 e. The lowest BCUT2D eigenvalue weighted by atomic mass is 10.2. The monoisotopic (exact) mass is 329 g/mol. The van der Waals surface area contributed by atoms with Crippen molar-refractivity contribution >= 4 is 39.3 Å². The molecule has 0 saturated heterocycles. The lowest BCUT2D eigenvalue weighted by Gasteiger charge is -2.04. The highest BCUT2D eigenvalue weighted by atomic mass is 79.9. The molecule has 1 heterocycles. The number of hydrogen-bond donors (Lipinski definition) is 1. The third kappa shape index (κ3) is 3.02. The van der Waals surface area contributed by atoms with Gasteiger partial charge in [0.15, 0.2) is 5.82 Å². The highest BCUT2D eigenvalue weighted by Crippen LogP contribution is 2.17. The zero-order chi connectivity index (χ0) is 13.1. The van der Waals surface area contributed by atoms with Gasteiger partial charge in [-0.1, -0.05) is 11.6 Å². The van der Waals surface area contributed by atoms with Crippen LogP contribution in [-0.4, -0.2) is 15.9 Å². The maximum atomic E-state index is 13.0. The Balaban J connectivity index is 2.16. The molecule has 2 aromatic rings. The van der Waals surface area contributed by atoms with Gasteiger partial charge >= 0.3 is 0 Å². The van der Waals surface area contributed by atoms with Crippen LogP contribution in [0.4, 0.5) is 10.2 Å². The van der Waals surface area contributed by atoms with Crippen molar-refractivity contribution in [2.24, 2.45) is 0 Å². The molecule has 0 bridgehead atoms. The number of aromatic nitrogens is 2. The lowest BCUT2D eigenvalue weighted by Crippen LogP contribution is -2.13. The van der Waals surface area contributed by atoms with E-state index in [1.165, 1.54) is 30.6 Å². The molecule has 0 fully saturated rings. The predicted molar refractivity (Wildman–Crippen MR) is 69.1 cm³/mol. The van der Waals surface area contributed by atoms with Crippen LogP contribution in [0.3, 0.4) is 0 Å². The number of anilines is 1. The molecule has 0 radical (unpaired) electrons. The fourth-order valence-corrected chi connectivity index (χ4v) is 1.68. The Labute approximate surface area is 115 Å². The van der Waals surface area contributed by atoms with Gasteiger partial charge in [-0.05, 0) is 34.1 Å². The minimum atomic E-state index is -0.433. The average Bonchev–Trinajstić information content (AvgIpc) is 2.35. The second-order valence-corrected chi connectivity index (χ2v) is 4.55. The summed E-state index contributed by atoms with van der Waals surface area (Å²) in [5.41, 5.74) is 0.306. The minimum Gasteiger partial charge on any atom is -0.305 e. The van der Waals surface area contributed by atoms with E-state index in [4.69, 9.17) is 11.6 Å². The summed E-state index contributed by atoms with van der Waals surface area (Å²) in [6.07, 6.45) is 2.65. The molecule has 92 valence electrons. The molecule has 1 N–H and O–H groups in total. The summed E-state index contributed by atoms with van der Waals surface area (Å²) in [7, 11) is 0. The van der Waals surface area contributed by atoms with Crippen LogP contribution < -0.4 is 5.32 Å². The van der Waals surface area contributed by atoms with Gasteiger partial charge in [0, 0.05) is 5.56 Å². The molecule has 4 nitrogen and oxygen atoms in total. The first-order valence-electron chi connectivity index (χ1n) is 4.80. The van der Waals surface area contributed by atoms with E-state index in [1.807, 2.05) is 0 Å². The van der Waals surface area contributed by atoms with E-state index >= 15 is 0 Å². The molecule has 0 aliphatic heterocycles. The molecule has 1 aromatic heterocycles. The van der Waals surface area contributed by atoms with Crippen LogP contribution in [-0.2, 0) is 0 Å². The number of hydrogen-bond acceptors (Lipinski definition) is 3. The first-order chi connectivity index (χ1) is 8.56. The van der Waals surface area contributed by atoms with Gasteiger partial charge in [-0.15, -0.1) is 0 Å². The summed E-state index contributed by atoms with van der Waals surface area (Å²) in [5.74, 6) is -0.574. The van der Waals surface area contributed by atoms with Gasteiger partial charge in [-0.2, -0.15) is 0 Å². The molecule has 18 heavy (non-hydrogen) atoms. The maximum Gasteiger partial charge on any atom is 0.256 e. The van der Waals surface area contributed by atoms with Gasteiger partial charge in [0.25, 0.3) is 5.91 Å². The highest BCUT2D eigenvalue weighted by Gasteiger charge is 2.09. The second-order valence-electron chi connectivity index (χ2n) is 3.31. The Hall–Kier alpha value is -1.53. The molecule has 0 saturated carbocycles. The Bertz CT molecular complexity index is 591. The van der Waals surface area contributed by atoms with Gasteiger partial charge in [0.2, 0.25) is 0 Å². The topological polar surface area (TPSA) is 54.9 Å². The van der Waals surface area contributed by atoms with E-state index in [0.717, 1.165) is 0 Å². The van der Waals surface area contributed by atoms with Crippen molar-refractivity contribution in [1.29, 1.82) is 0 Å². The zero-order valence-electron chi connectivity index (χ0n) is 8.82. The third-order valence-electron chi connectivity index (χ3n) is 2.04. The van der Waals surface area contributed by atoms with Crippen molar-refractivity contribution < 1.29 is 9.18 Å². The highest BCUT2D eigenvalue weighted by molar-refractivity contribution is 9.10. The Kier molecular flexibility index (Phi) is 3.88. The van der Waals surface area contributed by atoms with Gasteiger partial charge < -0.3 is 5.32 Å². The molecule has 0 spiro atoms. The summed E-state index contributed by atoms with van der Waals surface area (Å²) in [6.45, 7) is 0. The van der Waals surface area contributed by atoms with Crippen LogP contribution in [0, 0.1) is 5.82 Å². The molecule has 7 heteroatoms. The van der Waals surface area contributed by atoms with Crippen molar-refractivity contribution in [2.75, 3.05) is 5.32 Å². The maximum absolute atomic E-state index is 13.0. The van der Waals surface area contributed by atoms with Crippen molar-refractivity contribution in [3.05, 3.63) is 51.6 Å². The first kappa shape index (κ1) is 12.9. The summed E-state index contributed by atoms with van der Waals surface area (Å²) in [4.78, 5) is 19.5. The van der Waals surface area contributed by atoms with Gasteiger partial charge in [-0.25, -0.2) is 14.4 Å². The van der Waals surface area contributed by atoms with E-state index in [1.54, 1.807) is 0 Å². The molecular weight excluding hydrogens is 324 g/mol. The number of nitrogens with one attached hydrogen (secondary N) is 1. The number of halogens is 3. The first-order valence-corrected chi connectivity index (χ1v) is 5.97. The standard InChI is InChI=1S/C11H6BrClFN3O/c12-7-3-6(1-2-8(7)14)11(18)17-10-5-15-9(13)4-16-10/h1-5H,(H,16,17,18). The molecule has 0 unspecified atom stereocenters. The Morgan fingerprint density at radius 3 is 2.72 bits per heavy atom. The van der Waals surface area contributed by atoms with E-state index < -0.39 is 11.7 Å². The van der Waals surface area contributed by atoms with Crippen LogP contribution in [0.5, 0.6) is 0 Å². The van der Waals surface area contributed by atoms with Crippen LogP contribution in [0.25, 0.3) is 0 Å². The van der Waals surface area contributed by atoms with Crippen molar-refractivity contribution in [2.45, 2.75) is 0 Å². The minimum absolute atomic E-state index is 0.220. The molecule has 0 aliphatic carbocycles. The zero-order valence-corrected chi connectivity index (χ0v) is 11.2. The predicted octanol–water partition coefficient (Wildman–Crippen LogP) is 3.28. The molecule has 0 atom stereocenters. The quantitative estimate of drug-likeness (QED) is 0.919. The molecule has 2 rings (SSSR count). The van der Waals surface area contributed by atoms with Crippen LogP contribution in [0.15, 0.2) is 35.1 Å². The van der Waals surface area contributed by atoms with Crippen LogP contribution >= 0.6 is 27.5 Å². The van der Waals surface area contributed by atoms with Gasteiger partial charge in [0.05, 0.1) is 16.9 Å². The molecular formula is C11H6BrClFN3O. The number of benzene rings is 1. The molecule has 1 amide bonds. The van der Waals surface area contributed by atoms with Crippen molar-refractivity contribution in [1.82, 2.24) is 9.97 Å². The summed E-state index contributed by atoms with van der Waals surface area (Å²) >= 11 is 8.58. The van der Waals surface area contributed by atoms with Gasteiger partial charge in [-0.3, -0.25) is 4.79 Å². The summed E-state index contributed by atoms with van der Waals surface area (Å²) < 4.78 is 13.2. The van der Waals surface area contributed by atoms with Crippen LogP contribution in [0.1, 0.15) is 10.4 Å². The second kappa shape index (κ2) is 5.41. The number of carbonyl (C=O) groups excluding carboxylic acids is 1. The Morgan fingerprint density at radius 1 is 1.33 bits per heavy atom. The fourth-order valence-electron chi connectivity index (χ4n) is 1.20. The average molecular weight is 331 g/mol. The number of nitrogens with zero attached hydrogens (tertiary/aromatic N) is 2. The Morgan fingerprint density at radius 2 is 2.11 bits per heavy atom. The van der Waals surface area contributed by atoms with Crippen LogP contribution in [0.2, 0.25) is 5.15 Å². The van der Waals surface area contributed by atoms with E-state index in [2.05, 4.69) is 31.2 Å². The van der Waals surface area contributed by atoms with Crippen molar-refractivity contribution in [3.8, 4) is 0 Å². The smallest absolute Gasteiger partial charge is 0.256 e. The van der Waals surface area contributed by atoms with Gasteiger partial charge in [0.1, 0.15) is 11.0 Å². The number of carbonyl (C=O) groups is 1.